The fourth-order valence-electron chi connectivity index (χ4n) is 5.12. The molecule has 9 heteroatoms. The quantitative estimate of drug-likeness (QED) is 0.283. The van der Waals surface area contributed by atoms with Crippen molar-refractivity contribution in [2.75, 3.05) is 51.3 Å². The monoisotopic (exact) mass is 578 g/mol. The molecule has 3 aromatic rings. The third-order valence-corrected chi connectivity index (χ3v) is 7.57. The van der Waals surface area contributed by atoms with E-state index in [4.69, 9.17) is 9.15 Å². The Kier molecular flexibility index (Phi) is 11.1. The summed E-state index contributed by atoms with van der Waals surface area (Å²) in [6.45, 7) is 12.7. The highest BCUT2D eigenvalue weighted by Gasteiger charge is 2.25. The van der Waals surface area contributed by atoms with Crippen LogP contribution in [-0.2, 0) is 22.6 Å². The third-order valence-electron chi connectivity index (χ3n) is 7.57. The highest BCUT2D eigenvalue weighted by molar-refractivity contribution is 5.94. The van der Waals surface area contributed by atoms with Gasteiger partial charge in [-0.15, -0.1) is 0 Å². The molecule has 8 nitrogen and oxygen atoms in total. The van der Waals surface area contributed by atoms with Gasteiger partial charge in [0, 0.05) is 38.4 Å². The minimum absolute atomic E-state index is 0.112. The first-order valence-corrected chi connectivity index (χ1v) is 14.7. The van der Waals surface area contributed by atoms with Crippen LogP contribution in [0.1, 0.15) is 62.0 Å². The smallest absolute Gasteiger partial charge is 0.322 e. The van der Waals surface area contributed by atoms with Crippen LogP contribution in [0.5, 0.6) is 0 Å². The predicted octanol–water partition coefficient (Wildman–Crippen LogP) is 6.06. The average molecular weight is 579 g/mol. The zero-order valence-electron chi connectivity index (χ0n) is 25.1. The summed E-state index contributed by atoms with van der Waals surface area (Å²) in [5.74, 6) is 0.483. The molecule has 0 unspecified atom stereocenters. The summed E-state index contributed by atoms with van der Waals surface area (Å²) in [6, 6.07) is 15.5. The molecule has 1 aromatic heterocycles. The number of morpholine rings is 1. The first-order valence-electron chi connectivity index (χ1n) is 14.7. The Morgan fingerprint density at radius 2 is 1.57 bits per heavy atom. The number of nitrogens with zero attached hydrogens (tertiary/aromatic N) is 3. The average Bonchev–Trinajstić information content (AvgIpc) is 3.49. The Balaban J connectivity index is 1.58. The van der Waals surface area contributed by atoms with Crippen molar-refractivity contribution >= 4 is 17.6 Å². The van der Waals surface area contributed by atoms with Crippen LogP contribution in [0.3, 0.4) is 0 Å². The van der Waals surface area contributed by atoms with Gasteiger partial charge in [-0.25, -0.2) is 9.18 Å². The van der Waals surface area contributed by atoms with Crippen LogP contribution in [0.15, 0.2) is 65.3 Å². The Bertz CT molecular complexity index is 1260. The molecule has 0 spiro atoms. The molecule has 0 radical (unpaired) electrons. The number of anilines is 1. The molecule has 1 fully saturated rings. The van der Waals surface area contributed by atoms with Crippen molar-refractivity contribution in [2.45, 2.75) is 52.6 Å². The Morgan fingerprint density at radius 3 is 2.17 bits per heavy atom. The number of hydrogen-bond acceptors (Lipinski definition) is 5. The summed E-state index contributed by atoms with van der Waals surface area (Å²) in [5.41, 5.74) is 3.72. The van der Waals surface area contributed by atoms with E-state index in [1.54, 1.807) is 34.3 Å². The van der Waals surface area contributed by atoms with Crippen LogP contribution < -0.4 is 5.32 Å². The van der Waals surface area contributed by atoms with Gasteiger partial charge in [0.2, 0.25) is 5.91 Å². The number of benzene rings is 2. The molecule has 1 N–H and O–H groups in total. The number of rotatable bonds is 12. The van der Waals surface area contributed by atoms with Crippen LogP contribution in [0.25, 0.3) is 0 Å². The highest BCUT2D eigenvalue weighted by atomic mass is 19.1. The second-order valence-corrected chi connectivity index (χ2v) is 11.4. The largest absolute Gasteiger partial charge is 0.467 e. The Hall–Kier alpha value is -3.69. The molecule has 226 valence electrons. The van der Waals surface area contributed by atoms with E-state index in [1.165, 1.54) is 12.1 Å². The number of para-hydroxylation sites is 1. The maximum absolute atomic E-state index is 13.9. The van der Waals surface area contributed by atoms with Crippen molar-refractivity contribution < 1.29 is 23.1 Å². The molecule has 0 aliphatic carbocycles. The minimum Gasteiger partial charge on any atom is -0.467 e. The van der Waals surface area contributed by atoms with E-state index in [0.717, 1.165) is 35.5 Å². The molecule has 2 aromatic carbocycles. The van der Waals surface area contributed by atoms with E-state index in [0.29, 0.717) is 32.1 Å². The molecule has 0 atom stereocenters. The molecule has 1 saturated heterocycles. The fourth-order valence-corrected chi connectivity index (χ4v) is 5.12. The molecule has 4 rings (SSSR count). The number of furan rings is 1. The SMILES string of the molecule is CC(C)c1cccc(C(C)C)c1NC(=O)N(CCN1CCOCC1)CC(=O)N(Cc1ccc(F)cc1)Cc1ccco1. The van der Waals surface area contributed by atoms with Gasteiger partial charge in [-0.1, -0.05) is 58.0 Å². The maximum Gasteiger partial charge on any atom is 0.322 e. The lowest BCUT2D eigenvalue weighted by atomic mass is 9.93. The molecule has 3 amide bonds. The number of carbonyl (C=O) groups excluding carboxylic acids is 2. The van der Waals surface area contributed by atoms with Crippen molar-refractivity contribution in [3.8, 4) is 0 Å². The molecule has 0 saturated carbocycles. The summed E-state index contributed by atoms with van der Waals surface area (Å²) in [5, 5.41) is 3.19. The molecule has 1 aliphatic rings. The van der Waals surface area contributed by atoms with Crippen LogP contribution in [-0.4, -0.2) is 72.6 Å². The lowest BCUT2D eigenvalue weighted by Crippen LogP contribution is -2.48. The zero-order valence-corrected chi connectivity index (χ0v) is 25.1. The van der Waals surface area contributed by atoms with Crippen LogP contribution in [0, 0.1) is 5.82 Å². The van der Waals surface area contributed by atoms with E-state index >= 15 is 0 Å². The summed E-state index contributed by atoms with van der Waals surface area (Å²) in [6.07, 6.45) is 1.57. The van der Waals surface area contributed by atoms with Gasteiger partial charge in [-0.2, -0.15) is 0 Å². The topological polar surface area (TPSA) is 78.3 Å². The predicted molar refractivity (Wildman–Crippen MR) is 162 cm³/mol. The maximum atomic E-state index is 13.9. The normalized spacial score (nSPS) is 13.9. The number of amides is 3. The van der Waals surface area contributed by atoms with Gasteiger partial charge in [0.15, 0.2) is 0 Å². The first kappa shape index (κ1) is 31.3. The van der Waals surface area contributed by atoms with Gasteiger partial charge < -0.3 is 24.3 Å². The second kappa shape index (κ2) is 15.0. The van der Waals surface area contributed by atoms with E-state index in [2.05, 4.69) is 37.9 Å². The van der Waals surface area contributed by atoms with Crippen molar-refractivity contribution in [1.29, 1.82) is 0 Å². The number of halogens is 1. The number of hydrogen-bond donors (Lipinski definition) is 1. The van der Waals surface area contributed by atoms with Gasteiger partial charge in [-0.05, 0) is 52.8 Å². The number of nitrogens with one attached hydrogen (secondary N) is 1. The lowest BCUT2D eigenvalue weighted by molar-refractivity contribution is -0.133. The van der Waals surface area contributed by atoms with Crippen LogP contribution in [0.2, 0.25) is 0 Å². The zero-order chi connectivity index (χ0) is 30.1. The van der Waals surface area contributed by atoms with Crippen LogP contribution in [0.4, 0.5) is 14.9 Å². The summed E-state index contributed by atoms with van der Waals surface area (Å²) < 4.78 is 24.6. The Morgan fingerprint density at radius 1 is 0.905 bits per heavy atom. The molecule has 42 heavy (non-hydrogen) atoms. The summed E-state index contributed by atoms with van der Waals surface area (Å²) in [7, 11) is 0. The third kappa shape index (κ3) is 8.66. The number of urea groups is 1. The fraction of sp³-hybridized carbons (Fsp3) is 0.455. The van der Waals surface area contributed by atoms with Gasteiger partial charge >= 0.3 is 6.03 Å². The number of ether oxygens (including phenoxy) is 1. The molecule has 1 aliphatic heterocycles. The van der Waals surface area contributed by atoms with E-state index in [-0.39, 0.29) is 49.2 Å². The van der Waals surface area contributed by atoms with E-state index < -0.39 is 0 Å². The van der Waals surface area contributed by atoms with Crippen molar-refractivity contribution in [3.63, 3.8) is 0 Å². The van der Waals surface area contributed by atoms with Gasteiger partial charge in [-0.3, -0.25) is 9.69 Å². The summed E-state index contributed by atoms with van der Waals surface area (Å²) >= 11 is 0. The van der Waals surface area contributed by atoms with E-state index in [9.17, 15) is 14.0 Å². The van der Waals surface area contributed by atoms with Gasteiger partial charge in [0.1, 0.15) is 18.1 Å². The van der Waals surface area contributed by atoms with Gasteiger partial charge in [0.05, 0.1) is 26.0 Å². The molecule has 0 bridgehead atoms. The van der Waals surface area contributed by atoms with Gasteiger partial charge in [0.25, 0.3) is 0 Å². The molecular weight excluding hydrogens is 535 g/mol. The van der Waals surface area contributed by atoms with Crippen molar-refractivity contribution in [1.82, 2.24) is 14.7 Å². The standard InChI is InChI=1S/C33H43FN4O4/c1-24(2)29-8-5-9-30(25(3)4)32(29)35-33(40)37(15-14-36-16-19-41-20-17-36)23-31(39)38(22-28-7-6-18-42-28)21-26-10-12-27(34)13-11-26/h5-13,18,24-25H,14-17,19-23H2,1-4H3,(H,35,40). The molecule has 2 heterocycles. The number of carbonyl (C=O) groups is 2. The van der Waals surface area contributed by atoms with E-state index in [1.807, 2.05) is 24.3 Å². The summed E-state index contributed by atoms with van der Waals surface area (Å²) in [4.78, 5) is 33.3. The molecular formula is C33H43FN4O4. The van der Waals surface area contributed by atoms with Crippen molar-refractivity contribution in [2.24, 2.45) is 0 Å². The second-order valence-electron chi connectivity index (χ2n) is 11.4. The first-order chi connectivity index (χ1) is 20.2. The lowest BCUT2D eigenvalue weighted by Gasteiger charge is -2.32. The highest BCUT2D eigenvalue weighted by Crippen LogP contribution is 2.32. The Labute approximate surface area is 248 Å². The minimum atomic E-state index is -0.337. The van der Waals surface area contributed by atoms with Crippen molar-refractivity contribution in [3.05, 3.63) is 89.1 Å². The van der Waals surface area contributed by atoms with Crippen LogP contribution >= 0.6 is 0 Å².